The predicted octanol–water partition coefficient (Wildman–Crippen LogP) is 6.66. The van der Waals surface area contributed by atoms with Crippen molar-refractivity contribution in [3.8, 4) is 17.2 Å². The van der Waals surface area contributed by atoms with Gasteiger partial charge in [-0.15, -0.1) is 0 Å². The van der Waals surface area contributed by atoms with Crippen LogP contribution in [0.5, 0.6) is 17.2 Å². The number of benzene rings is 2. The molecular formula is C27H30N2O3. The molecule has 1 saturated carbocycles. The molecule has 0 spiro atoms. The number of anilines is 2. The smallest absolute Gasteiger partial charge is 0.163 e. The molecule has 0 unspecified atom stereocenters. The molecule has 3 aromatic rings. The van der Waals surface area contributed by atoms with E-state index in [0.29, 0.717) is 6.54 Å². The van der Waals surface area contributed by atoms with Crippen molar-refractivity contribution in [3.05, 3.63) is 84.9 Å². The van der Waals surface area contributed by atoms with Gasteiger partial charge in [-0.2, -0.15) is 0 Å². The van der Waals surface area contributed by atoms with Gasteiger partial charge < -0.3 is 19.1 Å². The first kappa shape index (κ1) is 21.8. The van der Waals surface area contributed by atoms with Crippen LogP contribution in [0.3, 0.4) is 0 Å². The fourth-order valence-electron chi connectivity index (χ4n) is 3.97. The maximum absolute atomic E-state index is 6.35. The van der Waals surface area contributed by atoms with E-state index in [9.17, 15) is 0 Å². The van der Waals surface area contributed by atoms with Gasteiger partial charge in [0.25, 0.3) is 0 Å². The van der Waals surface area contributed by atoms with Crippen molar-refractivity contribution in [3.63, 3.8) is 0 Å². The lowest BCUT2D eigenvalue weighted by Gasteiger charge is -2.27. The first-order chi connectivity index (χ1) is 15.8. The monoisotopic (exact) mass is 430 g/mol. The summed E-state index contributed by atoms with van der Waals surface area (Å²) in [6.45, 7) is 2.61. The van der Waals surface area contributed by atoms with Crippen LogP contribution in [0.2, 0.25) is 0 Å². The van der Waals surface area contributed by atoms with E-state index in [1.54, 1.807) is 19.6 Å². The summed E-state index contributed by atoms with van der Waals surface area (Å²) in [5.74, 6) is 2.35. The molecule has 0 radical (unpaired) electrons. The zero-order chi connectivity index (χ0) is 22.2. The average Bonchev–Trinajstić information content (AvgIpc) is 3.35. The Labute approximate surface area is 190 Å². The van der Waals surface area contributed by atoms with Crippen molar-refractivity contribution in [1.29, 1.82) is 0 Å². The Hall–Kier alpha value is -3.47. The zero-order valence-electron chi connectivity index (χ0n) is 18.7. The van der Waals surface area contributed by atoms with Crippen molar-refractivity contribution in [2.75, 3.05) is 12.0 Å². The first-order valence-electron chi connectivity index (χ1n) is 11.2. The van der Waals surface area contributed by atoms with Crippen molar-refractivity contribution < 1.29 is 14.2 Å². The molecule has 1 aliphatic carbocycles. The highest BCUT2D eigenvalue weighted by Crippen LogP contribution is 2.38. The third kappa shape index (κ3) is 5.41. The molecule has 32 heavy (non-hydrogen) atoms. The molecule has 0 N–H and O–H groups in total. The second-order valence-corrected chi connectivity index (χ2v) is 7.89. The number of nitrogens with zero attached hydrogens (tertiary/aromatic N) is 2. The van der Waals surface area contributed by atoms with Crippen LogP contribution in [0.15, 0.2) is 79.3 Å². The summed E-state index contributed by atoms with van der Waals surface area (Å²) in [4.78, 5) is 6.53. The van der Waals surface area contributed by atoms with Gasteiger partial charge in [0.1, 0.15) is 5.75 Å². The summed E-state index contributed by atoms with van der Waals surface area (Å²) in [7, 11) is 1.69. The Morgan fingerprint density at radius 2 is 1.78 bits per heavy atom. The molecule has 4 rings (SSSR count). The second-order valence-electron chi connectivity index (χ2n) is 7.89. The lowest BCUT2D eigenvalue weighted by Crippen LogP contribution is -2.17. The second kappa shape index (κ2) is 10.7. The Kier molecular flexibility index (Phi) is 7.28. The summed E-state index contributed by atoms with van der Waals surface area (Å²) in [6.07, 6.45) is 12.1. The Bertz CT molecular complexity index is 1010. The maximum Gasteiger partial charge on any atom is 0.163 e. The largest absolute Gasteiger partial charge is 0.493 e. The number of pyridine rings is 1. The molecule has 5 nitrogen and oxygen atoms in total. The SMILES string of the molecule is CC=COc1ccc(N(Cc2cccnc2)c2ccc(OC)c(OC3CCCC3)c2)cc1. The Morgan fingerprint density at radius 3 is 2.47 bits per heavy atom. The molecule has 1 fully saturated rings. The molecule has 1 heterocycles. The molecule has 0 amide bonds. The quantitative estimate of drug-likeness (QED) is 0.355. The lowest BCUT2D eigenvalue weighted by molar-refractivity contribution is 0.201. The lowest BCUT2D eigenvalue weighted by atomic mass is 10.1. The van der Waals surface area contributed by atoms with E-state index in [2.05, 4.69) is 40.2 Å². The first-order valence-corrected chi connectivity index (χ1v) is 11.2. The minimum absolute atomic E-state index is 0.258. The number of aromatic nitrogens is 1. The molecular weight excluding hydrogens is 400 g/mol. The van der Waals surface area contributed by atoms with Crippen LogP contribution in [0.25, 0.3) is 0 Å². The number of methoxy groups -OCH3 is 1. The van der Waals surface area contributed by atoms with Gasteiger partial charge in [0.05, 0.1) is 19.5 Å². The number of hydrogen-bond donors (Lipinski definition) is 0. The molecule has 0 atom stereocenters. The highest BCUT2D eigenvalue weighted by molar-refractivity contribution is 5.67. The van der Waals surface area contributed by atoms with Gasteiger partial charge in [0, 0.05) is 36.4 Å². The summed E-state index contributed by atoms with van der Waals surface area (Å²) in [5, 5.41) is 0. The zero-order valence-corrected chi connectivity index (χ0v) is 18.7. The van der Waals surface area contributed by atoms with Gasteiger partial charge in [-0.1, -0.05) is 12.1 Å². The van der Waals surface area contributed by atoms with Gasteiger partial charge in [-0.3, -0.25) is 4.98 Å². The number of ether oxygens (including phenoxy) is 3. The number of allylic oxidation sites excluding steroid dienone is 1. The van der Waals surface area contributed by atoms with Crippen molar-refractivity contribution in [2.24, 2.45) is 0 Å². The van der Waals surface area contributed by atoms with Gasteiger partial charge in [-0.25, -0.2) is 0 Å². The minimum Gasteiger partial charge on any atom is -0.493 e. The summed E-state index contributed by atoms with van der Waals surface area (Å²) < 4.78 is 17.5. The van der Waals surface area contributed by atoms with Crippen molar-refractivity contribution in [1.82, 2.24) is 4.98 Å². The predicted molar refractivity (Wildman–Crippen MR) is 128 cm³/mol. The van der Waals surface area contributed by atoms with E-state index in [1.165, 1.54) is 12.8 Å². The fraction of sp³-hybridized carbons (Fsp3) is 0.296. The number of rotatable bonds is 9. The fourth-order valence-corrected chi connectivity index (χ4v) is 3.97. The van der Waals surface area contributed by atoms with Gasteiger partial charge >= 0.3 is 0 Å². The molecule has 2 aromatic carbocycles. The molecule has 1 aliphatic rings. The summed E-state index contributed by atoms with van der Waals surface area (Å²) in [6, 6.07) is 18.3. The van der Waals surface area contributed by atoms with Gasteiger partial charge in [0.2, 0.25) is 0 Å². The molecule has 1 aromatic heterocycles. The minimum atomic E-state index is 0.258. The highest BCUT2D eigenvalue weighted by atomic mass is 16.5. The van der Waals surface area contributed by atoms with Crippen LogP contribution in [0.4, 0.5) is 11.4 Å². The van der Waals surface area contributed by atoms with Crippen LogP contribution in [0, 0.1) is 0 Å². The summed E-state index contributed by atoms with van der Waals surface area (Å²) >= 11 is 0. The van der Waals surface area contributed by atoms with Gasteiger partial charge in [-0.05, 0) is 80.6 Å². The normalized spacial score (nSPS) is 13.9. The van der Waals surface area contributed by atoms with Gasteiger partial charge in [0.15, 0.2) is 11.5 Å². The van der Waals surface area contributed by atoms with E-state index in [0.717, 1.165) is 47.0 Å². The van der Waals surface area contributed by atoms with Crippen LogP contribution in [0.1, 0.15) is 38.2 Å². The molecule has 5 heteroatoms. The van der Waals surface area contributed by atoms with Crippen LogP contribution < -0.4 is 19.1 Å². The number of hydrogen-bond acceptors (Lipinski definition) is 5. The maximum atomic E-state index is 6.35. The van der Waals surface area contributed by atoms with Crippen LogP contribution in [-0.4, -0.2) is 18.2 Å². The van der Waals surface area contributed by atoms with Crippen LogP contribution >= 0.6 is 0 Å². The molecule has 0 aliphatic heterocycles. The Balaban J connectivity index is 1.67. The Morgan fingerprint density at radius 1 is 1.00 bits per heavy atom. The topological polar surface area (TPSA) is 43.8 Å². The standard InChI is InChI=1S/C27H30N2O3/c1-3-17-31-24-13-10-22(11-14-24)29(20-21-7-6-16-28-19-21)23-12-15-26(30-2)27(18-23)32-25-8-4-5-9-25/h3,6-7,10-19,25H,4-5,8-9,20H2,1-2H3. The molecule has 0 saturated heterocycles. The summed E-state index contributed by atoms with van der Waals surface area (Å²) in [5.41, 5.74) is 3.21. The van der Waals surface area contributed by atoms with E-state index < -0.39 is 0 Å². The third-order valence-electron chi connectivity index (χ3n) is 5.61. The van der Waals surface area contributed by atoms with Crippen molar-refractivity contribution in [2.45, 2.75) is 45.3 Å². The highest BCUT2D eigenvalue weighted by Gasteiger charge is 2.20. The molecule has 0 bridgehead atoms. The van der Waals surface area contributed by atoms with Crippen molar-refractivity contribution >= 4 is 11.4 Å². The van der Waals surface area contributed by atoms with E-state index >= 15 is 0 Å². The van der Waals surface area contributed by atoms with E-state index in [-0.39, 0.29) is 6.10 Å². The van der Waals surface area contributed by atoms with E-state index in [4.69, 9.17) is 14.2 Å². The third-order valence-corrected chi connectivity index (χ3v) is 5.61. The van der Waals surface area contributed by atoms with E-state index in [1.807, 2.05) is 43.5 Å². The van der Waals surface area contributed by atoms with Crippen LogP contribution in [-0.2, 0) is 6.54 Å². The average molecular weight is 431 g/mol. The molecule has 166 valence electrons.